The third-order valence-electron chi connectivity index (χ3n) is 9.24. The number of likely N-dealkylation sites (tertiary alicyclic amines) is 1. The summed E-state index contributed by atoms with van der Waals surface area (Å²) >= 11 is 0. The van der Waals surface area contributed by atoms with Crippen molar-refractivity contribution >= 4 is 38.4 Å². The van der Waals surface area contributed by atoms with Crippen LogP contribution >= 0.6 is 0 Å². The van der Waals surface area contributed by atoms with Gasteiger partial charge >= 0.3 is 6.55 Å². The van der Waals surface area contributed by atoms with Crippen LogP contribution in [-0.4, -0.2) is 83.8 Å². The number of nitrogens with one attached hydrogen (secondary N) is 1. The molecule has 0 unspecified atom stereocenters. The number of imidazole rings is 1. The summed E-state index contributed by atoms with van der Waals surface area (Å²) in [5, 5.41) is 4.09. The molecule has 44 heavy (non-hydrogen) atoms. The molecule has 3 fully saturated rings. The molecule has 6 heterocycles. The number of hydrogen-bond acceptors (Lipinski definition) is 7. The molecule has 1 amide bonds. The quantitative estimate of drug-likeness (QED) is 0.295. The van der Waals surface area contributed by atoms with Gasteiger partial charge in [-0.1, -0.05) is 0 Å². The number of aryl methyl sites for hydroxylation is 1. The number of fused-ring (bicyclic) bond motifs is 3. The number of pyridine rings is 2. The first-order valence-electron chi connectivity index (χ1n) is 14.9. The van der Waals surface area contributed by atoms with Crippen molar-refractivity contribution in [3.05, 3.63) is 41.6 Å². The Morgan fingerprint density at radius 1 is 1.16 bits per heavy atom. The third kappa shape index (κ3) is 4.87. The molecule has 0 aromatic carbocycles. The minimum absolute atomic E-state index is 0.0338. The highest BCUT2D eigenvalue weighted by molar-refractivity contribution is 7.92. The van der Waals surface area contributed by atoms with Gasteiger partial charge in [0.2, 0.25) is 10.0 Å². The number of nitrogens with zero attached hydrogens (tertiary/aromatic N) is 6. The Kier molecular flexibility index (Phi) is 7.03. The number of alkyl halides is 2. The second kappa shape index (κ2) is 10.7. The molecule has 4 aromatic rings. The highest BCUT2D eigenvalue weighted by atomic mass is 32.2. The highest BCUT2D eigenvalue weighted by Gasteiger charge is 2.39. The van der Waals surface area contributed by atoms with Crippen molar-refractivity contribution < 1.29 is 26.7 Å². The van der Waals surface area contributed by atoms with E-state index in [4.69, 9.17) is 9.72 Å². The van der Waals surface area contributed by atoms with E-state index in [1.165, 1.54) is 6.07 Å². The number of sulfonamides is 1. The second-order valence-electron chi connectivity index (χ2n) is 12.1. The summed E-state index contributed by atoms with van der Waals surface area (Å²) in [6.07, 6.45) is 4.87. The number of carbonyl (C=O) groups excluding carboxylic acids is 1. The van der Waals surface area contributed by atoms with E-state index in [-0.39, 0.29) is 22.1 Å². The number of piperidine rings is 1. The number of aromatic nitrogens is 4. The summed E-state index contributed by atoms with van der Waals surface area (Å²) in [4.78, 5) is 25.2. The molecule has 0 bridgehead atoms. The lowest BCUT2D eigenvalue weighted by Gasteiger charge is -2.32. The third-order valence-corrected chi connectivity index (χ3v) is 10.3. The summed E-state index contributed by atoms with van der Waals surface area (Å²) < 4.78 is 61.6. The zero-order chi connectivity index (χ0) is 30.9. The molecule has 4 aromatic heterocycles. The zero-order valence-electron chi connectivity index (χ0n) is 24.8. The molecule has 3 aliphatic rings. The van der Waals surface area contributed by atoms with Crippen LogP contribution in [0.4, 0.5) is 14.6 Å². The van der Waals surface area contributed by atoms with Crippen molar-refractivity contribution in [3.8, 4) is 17.3 Å². The van der Waals surface area contributed by atoms with Crippen LogP contribution in [0.15, 0.2) is 30.3 Å². The lowest BCUT2D eigenvalue weighted by atomic mass is 9.93. The lowest BCUT2D eigenvalue weighted by molar-refractivity contribution is 0.0702. The number of halogens is 2. The van der Waals surface area contributed by atoms with Crippen molar-refractivity contribution in [2.45, 2.75) is 51.7 Å². The molecule has 1 N–H and O–H groups in total. The first-order chi connectivity index (χ1) is 21.0. The number of methoxy groups -OCH3 is 1. The van der Waals surface area contributed by atoms with Gasteiger partial charge in [0.25, 0.3) is 5.91 Å². The van der Waals surface area contributed by atoms with Crippen LogP contribution in [0.5, 0.6) is 5.88 Å². The largest absolute Gasteiger partial charge is 0.482 e. The highest BCUT2D eigenvalue weighted by Crippen LogP contribution is 2.38. The van der Waals surface area contributed by atoms with Crippen LogP contribution in [0, 0.1) is 18.8 Å². The fourth-order valence-corrected chi connectivity index (χ4v) is 7.60. The van der Waals surface area contributed by atoms with Crippen molar-refractivity contribution in [1.82, 2.24) is 29.2 Å². The minimum atomic E-state index is -4.26. The molecular weight excluding hydrogens is 592 g/mol. The second-order valence-corrected chi connectivity index (χ2v) is 14.0. The molecule has 1 aliphatic carbocycles. The van der Waals surface area contributed by atoms with Crippen LogP contribution in [0.1, 0.15) is 41.7 Å². The van der Waals surface area contributed by atoms with Gasteiger partial charge in [0.15, 0.2) is 5.88 Å². The number of amides is 1. The van der Waals surface area contributed by atoms with Crippen LogP contribution in [0.2, 0.25) is 0 Å². The van der Waals surface area contributed by atoms with E-state index in [1.54, 1.807) is 25.3 Å². The number of ether oxygens (including phenoxy) is 1. The predicted octanol–water partition coefficient (Wildman–Crippen LogP) is 3.89. The Hall–Kier alpha value is -3.78. The van der Waals surface area contributed by atoms with Crippen molar-refractivity contribution in [2.24, 2.45) is 11.8 Å². The summed E-state index contributed by atoms with van der Waals surface area (Å²) in [5.74, 6) is 0.999. The van der Waals surface area contributed by atoms with E-state index in [0.717, 1.165) is 63.0 Å². The molecule has 7 rings (SSSR count). The fraction of sp³-hybridized carbons (Fsp3) is 0.500. The van der Waals surface area contributed by atoms with Gasteiger partial charge < -0.3 is 19.5 Å². The number of hydrogen-bond donors (Lipinski definition) is 1. The molecule has 14 heteroatoms. The molecule has 234 valence electrons. The fourth-order valence-electron chi connectivity index (χ4n) is 6.87. The molecule has 1 saturated carbocycles. The van der Waals surface area contributed by atoms with Crippen molar-refractivity contribution in [2.75, 3.05) is 37.3 Å². The maximum atomic E-state index is 13.8. The van der Waals surface area contributed by atoms with E-state index in [0.29, 0.717) is 52.2 Å². The maximum absolute atomic E-state index is 13.8. The van der Waals surface area contributed by atoms with Gasteiger partial charge in [-0.15, -0.1) is 0 Å². The average Bonchev–Trinajstić information content (AvgIpc) is 3.45. The topological polar surface area (TPSA) is 114 Å². The van der Waals surface area contributed by atoms with Crippen molar-refractivity contribution in [1.29, 1.82) is 0 Å². The number of carbonyl (C=O) groups is 1. The van der Waals surface area contributed by atoms with E-state index < -0.39 is 16.6 Å². The van der Waals surface area contributed by atoms with E-state index in [9.17, 15) is 22.0 Å². The lowest BCUT2D eigenvalue weighted by Crippen LogP contribution is -2.48. The predicted molar refractivity (Wildman–Crippen MR) is 162 cm³/mol. The van der Waals surface area contributed by atoms with Gasteiger partial charge in [-0.3, -0.25) is 9.20 Å². The van der Waals surface area contributed by atoms with Gasteiger partial charge in [0.05, 0.1) is 24.8 Å². The van der Waals surface area contributed by atoms with Gasteiger partial charge in [-0.05, 0) is 75.3 Å². The smallest absolute Gasteiger partial charge is 0.329 e. The molecule has 0 radical (unpaired) electrons. The molecule has 2 saturated heterocycles. The summed E-state index contributed by atoms with van der Waals surface area (Å²) in [5.41, 5.74) is 3.61. The molecule has 0 spiro atoms. The number of anilines is 1. The monoisotopic (exact) mass is 627 g/mol. The normalized spacial score (nSPS) is 20.5. The Labute approximate surface area is 253 Å². The van der Waals surface area contributed by atoms with Crippen LogP contribution in [-0.2, 0) is 16.6 Å². The zero-order valence-corrected chi connectivity index (χ0v) is 25.6. The summed E-state index contributed by atoms with van der Waals surface area (Å²) in [7, 11) is -2.70. The molecular formula is C30H35F2N7O4S. The SMILES string of the molecule is COc1cc(C(=O)N2CC[C@@H]3CCNC[C@H]32)cc2nc(-c3cc4ccc(N(C(F)F)S(C)(=O)=O)nc4n3CC3CC3)c(C)n12. The van der Waals surface area contributed by atoms with Crippen LogP contribution < -0.4 is 14.4 Å². The summed E-state index contributed by atoms with van der Waals surface area (Å²) in [6, 6.07) is 8.53. The minimum Gasteiger partial charge on any atom is -0.482 e. The first-order valence-corrected chi connectivity index (χ1v) is 16.8. The van der Waals surface area contributed by atoms with Crippen molar-refractivity contribution in [3.63, 3.8) is 0 Å². The Balaban J connectivity index is 1.33. The van der Waals surface area contributed by atoms with E-state index >= 15 is 0 Å². The van der Waals surface area contributed by atoms with Gasteiger partial charge in [-0.2, -0.15) is 13.1 Å². The van der Waals surface area contributed by atoms with Gasteiger partial charge in [-0.25, -0.2) is 18.4 Å². The van der Waals surface area contributed by atoms with Crippen LogP contribution in [0.25, 0.3) is 28.1 Å². The van der Waals surface area contributed by atoms with Gasteiger partial charge in [0, 0.05) is 42.7 Å². The Morgan fingerprint density at radius 3 is 2.66 bits per heavy atom. The average molecular weight is 628 g/mol. The standard InChI is InChI=1S/C30H35F2N7O4S/c1-17-27(22-12-20-6-7-24(39(30(31)32)44(3,41)42)35-28(20)37(22)16-18-4-5-18)34-25-13-21(14-26(43-2)38(17)25)29(40)36-11-9-19-8-10-33-15-23(19)36/h6-7,12-14,18-19,23,30,33H,4-5,8-11,15-16H2,1-3H3/t19-,23+/m0/s1. The van der Waals surface area contributed by atoms with E-state index in [2.05, 4.69) is 10.3 Å². The Bertz CT molecular complexity index is 1890. The summed E-state index contributed by atoms with van der Waals surface area (Å²) in [6.45, 7) is 1.73. The molecule has 11 nitrogen and oxygen atoms in total. The van der Waals surface area contributed by atoms with Crippen LogP contribution in [0.3, 0.4) is 0 Å². The van der Waals surface area contributed by atoms with E-state index in [1.807, 2.05) is 26.9 Å². The Morgan fingerprint density at radius 2 is 1.95 bits per heavy atom. The molecule has 2 atom stereocenters. The number of rotatable bonds is 8. The molecule has 2 aliphatic heterocycles. The first kappa shape index (κ1) is 29.0. The van der Waals surface area contributed by atoms with Gasteiger partial charge in [0.1, 0.15) is 22.8 Å². The maximum Gasteiger partial charge on any atom is 0.329 e.